The summed E-state index contributed by atoms with van der Waals surface area (Å²) in [5.74, 6) is 1.01. The molecule has 0 spiro atoms. The van der Waals surface area contributed by atoms with Crippen LogP contribution in [0.1, 0.15) is 32.6 Å². The Bertz CT molecular complexity index is 257. The molecule has 3 N–H and O–H groups in total. The molecule has 1 heterocycles. The van der Waals surface area contributed by atoms with Crippen molar-refractivity contribution in [3.63, 3.8) is 0 Å². The maximum Gasteiger partial charge on any atom is 0.221 e. The van der Waals surface area contributed by atoms with Crippen LogP contribution in [0.3, 0.4) is 0 Å². The van der Waals surface area contributed by atoms with Crippen molar-refractivity contribution in [1.29, 1.82) is 0 Å². The Morgan fingerprint density at radius 3 is 2.88 bits per heavy atom. The monoisotopic (exact) mass is 225 g/mol. The molecule has 1 aliphatic heterocycles. The molecule has 0 aromatic heterocycles. The van der Waals surface area contributed by atoms with Gasteiger partial charge >= 0.3 is 0 Å². The molecule has 0 aromatic rings. The number of carbonyl (C=O) groups is 1. The number of hydrogen-bond acceptors (Lipinski definition) is 3. The molecule has 16 heavy (non-hydrogen) atoms. The number of rotatable bonds is 5. The van der Waals surface area contributed by atoms with E-state index in [-0.39, 0.29) is 11.9 Å². The Kier molecular flexibility index (Phi) is 3.82. The van der Waals surface area contributed by atoms with Gasteiger partial charge in [0.15, 0.2) is 0 Å². The number of nitrogens with one attached hydrogen (secondary N) is 1. The van der Waals surface area contributed by atoms with Gasteiger partial charge in [-0.2, -0.15) is 0 Å². The lowest BCUT2D eigenvalue weighted by molar-refractivity contribution is -0.122. The first-order valence-electron chi connectivity index (χ1n) is 6.47. The second kappa shape index (κ2) is 5.15. The highest BCUT2D eigenvalue weighted by molar-refractivity contribution is 5.76. The van der Waals surface area contributed by atoms with Crippen LogP contribution in [0.5, 0.6) is 0 Å². The van der Waals surface area contributed by atoms with E-state index in [4.69, 9.17) is 5.73 Å². The Balaban J connectivity index is 1.87. The van der Waals surface area contributed by atoms with Crippen LogP contribution < -0.4 is 11.1 Å². The Labute approximate surface area is 97.6 Å². The van der Waals surface area contributed by atoms with E-state index >= 15 is 0 Å². The van der Waals surface area contributed by atoms with Crippen LogP contribution in [-0.4, -0.2) is 42.5 Å². The van der Waals surface area contributed by atoms with Gasteiger partial charge < -0.3 is 11.1 Å². The van der Waals surface area contributed by atoms with Gasteiger partial charge in [0.25, 0.3) is 0 Å². The van der Waals surface area contributed by atoms with Gasteiger partial charge in [-0.15, -0.1) is 0 Å². The maximum atomic E-state index is 11.6. The number of hydrogen-bond donors (Lipinski definition) is 2. The average Bonchev–Trinajstić information content (AvgIpc) is 2.87. The van der Waals surface area contributed by atoms with E-state index in [0.29, 0.717) is 25.6 Å². The normalized spacial score (nSPS) is 30.6. The highest BCUT2D eigenvalue weighted by atomic mass is 16.1. The second-order valence-corrected chi connectivity index (χ2v) is 5.08. The summed E-state index contributed by atoms with van der Waals surface area (Å²) in [4.78, 5) is 14.1. The Morgan fingerprint density at radius 2 is 2.38 bits per heavy atom. The fraction of sp³-hybridized carbons (Fsp3) is 0.917. The topological polar surface area (TPSA) is 58.4 Å². The first-order valence-corrected chi connectivity index (χ1v) is 6.47. The number of piperidine rings is 1. The molecule has 4 heteroatoms. The Hall–Kier alpha value is -0.610. The van der Waals surface area contributed by atoms with Crippen LogP contribution in [0.15, 0.2) is 0 Å². The lowest BCUT2D eigenvalue weighted by atomic mass is 10.1. The number of carbonyl (C=O) groups excluding carboxylic acids is 1. The van der Waals surface area contributed by atoms with Crippen LogP contribution in [0.2, 0.25) is 0 Å². The Morgan fingerprint density at radius 1 is 1.56 bits per heavy atom. The van der Waals surface area contributed by atoms with E-state index in [1.165, 1.54) is 19.3 Å². The van der Waals surface area contributed by atoms with E-state index in [1.54, 1.807) is 0 Å². The number of nitrogens with two attached hydrogens (primary N) is 1. The van der Waals surface area contributed by atoms with Crippen molar-refractivity contribution in [3.05, 3.63) is 0 Å². The van der Waals surface area contributed by atoms with Crippen LogP contribution in [0.25, 0.3) is 0 Å². The molecule has 2 aliphatic rings. The molecule has 0 aromatic carbocycles. The third-order valence-corrected chi connectivity index (χ3v) is 3.99. The fourth-order valence-electron chi connectivity index (χ4n) is 3.23. The van der Waals surface area contributed by atoms with Gasteiger partial charge in [-0.3, -0.25) is 9.69 Å². The number of likely N-dealkylation sites (tertiary alicyclic amines) is 1. The number of fused-ring (bicyclic) bond motifs is 2. The van der Waals surface area contributed by atoms with E-state index in [9.17, 15) is 4.79 Å². The number of amides is 1. The van der Waals surface area contributed by atoms with E-state index < -0.39 is 0 Å². The van der Waals surface area contributed by atoms with E-state index in [0.717, 1.165) is 12.5 Å². The molecule has 1 saturated heterocycles. The largest absolute Gasteiger partial charge is 0.356 e. The lowest BCUT2D eigenvalue weighted by Crippen LogP contribution is -2.47. The third-order valence-electron chi connectivity index (χ3n) is 3.99. The SMILES string of the molecule is CCNC(=O)CC(CN)N1CC2CCC1C2. The minimum atomic E-state index is 0.140. The molecule has 92 valence electrons. The second-order valence-electron chi connectivity index (χ2n) is 5.08. The van der Waals surface area contributed by atoms with Crippen LogP contribution in [-0.2, 0) is 4.79 Å². The van der Waals surface area contributed by atoms with Gasteiger partial charge in [0.05, 0.1) is 0 Å². The van der Waals surface area contributed by atoms with Gasteiger partial charge in [-0.25, -0.2) is 0 Å². The molecule has 0 radical (unpaired) electrons. The van der Waals surface area contributed by atoms with E-state index in [2.05, 4.69) is 10.2 Å². The minimum absolute atomic E-state index is 0.140. The lowest BCUT2D eigenvalue weighted by Gasteiger charge is -2.33. The summed E-state index contributed by atoms with van der Waals surface area (Å²) < 4.78 is 0. The zero-order valence-electron chi connectivity index (χ0n) is 10.1. The number of nitrogens with zero attached hydrogens (tertiary/aromatic N) is 1. The first-order chi connectivity index (χ1) is 7.74. The molecule has 3 atom stereocenters. The summed E-state index contributed by atoms with van der Waals surface area (Å²) in [5.41, 5.74) is 5.81. The summed E-state index contributed by atoms with van der Waals surface area (Å²) in [7, 11) is 0. The molecule has 2 fully saturated rings. The standard InChI is InChI=1S/C12H23N3O/c1-2-14-12(16)6-11(7-13)15-8-9-3-4-10(15)5-9/h9-11H,2-8,13H2,1H3,(H,14,16). The average molecular weight is 225 g/mol. The molecule has 2 rings (SSSR count). The first kappa shape index (κ1) is 11.9. The maximum absolute atomic E-state index is 11.6. The fourth-order valence-corrected chi connectivity index (χ4v) is 3.23. The zero-order valence-corrected chi connectivity index (χ0v) is 10.1. The van der Waals surface area contributed by atoms with Crippen LogP contribution >= 0.6 is 0 Å². The molecule has 1 saturated carbocycles. The summed E-state index contributed by atoms with van der Waals surface area (Å²) >= 11 is 0. The predicted molar refractivity (Wildman–Crippen MR) is 64.0 cm³/mol. The highest BCUT2D eigenvalue weighted by Crippen LogP contribution is 2.38. The summed E-state index contributed by atoms with van der Waals surface area (Å²) in [6.07, 6.45) is 4.57. The summed E-state index contributed by atoms with van der Waals surface area (Å²) in [6, 6.07) is 0.954. The smallest absolute Gasteiger partial charge is 0.221 e. The molecule has 2 bridgehead atoms. The predicted octanol–water partition coefficient (Wildman–Crippen LogP) is 0.324. The van der Waals surface area contributed by atoms with Gasteiger partial charge in [0.1, 0.15) is 0 Å². The van der Waals surface area contributed by atoms with Crippen molar-refractivity contribution in [2.45, 2.75) is 44.7 Å². The summed E-state index contributed by atoms with van der Waals surface area (Å²) in [5, 5.41) is 2.86. The molecule has 3 unspecified atom stereocenters. The molecule has 1 aliphatic carbocycles. The molecule has 1 amide bonds. The van der Waals surface area contributed by atoms with Crippen molar-refractivity contribution < 1.29 is 4.79 Å². The minimum Gasteiger partial charge on any atom is -0.356 e. The van der Waals surface area contributed by atoms with Gasteiger partial charge in [-0.05, 0) is 32.1 Å². The van der Waals surface area contributed by atoms with Crippen molar-refractivity contribution in [2.75, 3.05) is 19.6 Å². The van der Waals surface area contributed by atoms with Crippen molar-refractivity contribution >= 4 is 5.91 Å². The van der Waals surface area contributed by atoms with Crippen molar-refractivity contribution in [1.82, 2.24) is 10.2 Å². The van der Waals surface area contributed by atoms with Crippen LogP contribution in [0.4, 0.5) is 0 Å². The van der Waals surface area contributed by atoms with E-state index in [1.807, 2.05) is 6.92 Å². The van der Waals surface area contributed by atoms with Gasteiger partial charge in [-0.1, -0.05) is 0 Å². The van der Waals surface area contributed by atoms with Gasteiger partial charge in [0.2, 0.25) is 5.91 Å². The zero-order chi connectivity index (χ0) is 11.5. The third kappa shape index (κ3) is 2.38. The van der Waals surface area contributed by atoms with Crippen molar-refractivity contribution in [3.8, 4) is 0 Å². The molecular formula is C12H23N3O. The highest BCUT2D eigenvalue weighted by Gasteiger charge is 2.40. The molecular weight excluding hydrogens is 202 g/mol. The summed E-state index contributed by atoms with van der Waals surface area (Å²) in [6.45, 7) is 4.42. The molecule has 4 nitrogen and oxygen atoms in total. The van der Waals surface area contributed by atoms with Crippen LogP contribution in [0, 0.1) is 5.92 Å². The van der Waals surface area contributed by atoms with Crippen molar-refractivity contribution in [2.24, 2.45) is 11.7 Å². The van der Waals surface area contributed by atoms with Gasteiger partial charge in [0, 0.05) is 38.1 Å². The quantitative estimate of drug-likeness (QED) is 0.708.